The van der Waals surface area contributed by atoms with Gasteiger partial charge in [0.2, 0.25) is 0 Å². The number of nitrogens with zero attached hydrogens (tertiary/aromatic N) is 1. The van der Waals surface area contributed by atoms with Gasteiger partial charge in [0.15, 0.2) is 0 Å². The van der Waals surface area contributed by atoms with Gasteiger partial charge in [0.25, 0.3) is 0 Å². The first-order valence-corrected chi connectivity index (χ1v) is 7.19. The lowest BCUT2D eigenvalue weighted by atomic mass is 9.80. The molecule has 0 radical (unpaired) electrons. The molecule has 4 heteroatoms. The van der Waals surface area contributed by atoms with E-state index in [9.17, 15) is 8.78 Å². The van der Waals surface area contributed by atoms with Gasteiger partial charge in [-0.05, 0) is 52.0 Å². The van der Waals surface area contributed by atoms with Gasteiger partial charge in [0.05, 0.1) is 0 Å². The summed E-state index contributed by atoms with van der Waals surface area (Å²) in [7, 11) is 6.01. The van der Waals surface area contributed by atoms with Crippen LogP contribution in [-0.2, 0) is 6.42 Å². The largest absolute Gasteiger partial charge is 0.315 e. The SMILES string of the molecule is CCC(CC)(C(Cc1ccc(F)cc1F)NC)N(C)C. The lowest BCUT2D eigenvalue weighted by molar-refractivity contribution is 0.0913. The van der Waals surface area contributed by atoms with E-state index in [0.717, 1.165) is 18.9 Å². The van der Waals surface area contributed by atoms with Crippen LogP contribution in [0.2, 0.25) is 0 Å². The van der Waals surface area contributed by atoms with Crippen LogP contribution in [0.1, 0.15) is 32.3 Å². The molecule has 0 saturated heterocycles. The van der Waals surface area contributed by atoms with Crippen molar-refractivity contribution in [3.8, 4) is 0 Å². The topological polar surface area (TPSA) is 15.3 Å². The third-order valence-electron chi connectivity index (χ3n) is 4.55. The maximum Gasteiger partial charge on any atom is 0.129 e. The minimum atomic E-state index is -0.530. The lowest BCUT2D eigenvalue weighted by Gasteiger charge is -2.45. The van der Waals surface area contributed by atoms with E-state index in [0.29, 0.717) is 12.0 Å². The Balaban J connectivity index is 3.06. The molecule has 1 unspecified atom stereocenters. The Bertz CT molecular complexity index is 428. The summed E-state index contributed by atoms with van der Waals surface area (Å²) >= 11 is 0. The molecule has 1 rings (SSSR count). The van der Waals surface area contributed by atoms with Gasteiger partial charge in [-0.15, -0.1) is 0 Å². The van der Waals surface area contributed by atoms with Gasteiger partial charge in [0.1, 0.15) is 11.6 Å². The summed E-state index contributed by atoms with van der Waals surface area (Å²) in [6.45, 7) is 4.30. The Morgan fingerprint density at radius 2 is 1.80 bits per heavy atom. The Labute approximate surface area is 121 Å². The smallest absolute Gasteiger partial charge is 0.129 e. The summed E-state index contributed by atoms with van der Waals surface area (Å²) in [6, 6.07) is 3.92. The molecule has 0 heterocycles. The minimum Gasteiger partial charge on any atom is -0.315 e. The fourth-order valence-electron chi connectivity index (χ4n) is 3.15. The summed E-state index contributed by atoms with van der Waals surface area (Å²) in [5.41, 5.74) is 0.508. The monoisotopic (exact) mass is 284 g/mol. The zero-order valence-corrected chi connectivity index (χ0v) is 13.1. The summed E-state index contributed by atoms with van der Waals surface area (Å²) in [4.78, 5) is 2.20. The summed E-state index contributed by atoms with van der Waals surface area (Å²) < 4.78 is 26.9. The van der Waals surface area contributed by atoms with Gasteiger partial charge in [0, 0.05) is 17.6 Å². The van der Waals surface area contributed by atoms with Gasteiger partial charge in [-0.3, -0.25) is 0 Å². The molecule has 0 spiro atoms. The van der Waals surface area contributed by atoms with Crippen molar-refractivity contribution in [2.24, 2.45) is 0 Å². The van der Waals surface area contributed by atoms with Crippen molar-refractivity contribution in [2.75, 3.05) is 21.1 Å². The number of hydrogen-bond acceptors (Lipinski definition) is 2. The molecular formula is C16H26F2N2. The number of rotatable bonds is 7. The van der Waals surface area contributed by atoms with Crippen LogP contribution in [0, 0.1) is 11.6 Å². The van der Waals surface area contributed by atoms with Crippen LogP contribution >= 0.6 is 0 Å². The van der Waals surface area contributed by atoms with Crippen LogP contribution < -0.4 is 5.32 Å². The molecule has 1 aromatic carbocycles. The molecule has 20 heavy (non-hydrogen) atoms. The Kier molecular flexibility index (Phi) is 6.08. The van der Waals surface area contributed by atoms with Gasteiger partial charge < -0.3 is 10.2 Å². The molecule has 0 amide bonds. The van der Waals surface area contributed by atoms with Crippen LogP contribution in [0.25, 0.3) is 0 Å². The van der Waals surface area contributed by atoms with E-state index in [1.807, 2.05) is 7.05 Å². The third-order valence-corrected chi connectivity index (χ3v) is 4.55. The predicted octanol–water partition coefficient (Wildman–Crippen LogP) is 3.22. The highest BCUT2D eigenvalue weighted by molar-refractivity contribution is 5.21. The average Bonchev–Trinajstić information content (AvgIpc) is 2.41. The normalized spacial score (nSPS) is 13.8. The summed E-state index contributed by atoms with van der Waals surface area (Å²) in [5, 5.41) is 3.31. The van der Waals surface area contributed by atoms with E-state index in [1.165, 1.54) is 6.07 Å². The first-order valence-electron chi connectivity index (χ1n) is 7.19. The van der Waals surface area contributed by atoms with Gasteiger partial charge in [-0.1, -0.05) is 19.9 Å². The number of nitrogens with one attached hydrogen (secondary N) is 1. The zero-order valence-electron chi connectivity index (χ0n) is 13.1. The molecule has 0 aliphatic carbocycles. The molecule has 0 fully saturated rings. The van der Waals surface area contributed by atoms with Crippen LogP contribution in [0.4, 0.5) is 8.78 Å². The second kappa shape index (κ2) is 7.14. The van der Waals surface area contributed by atoms with Crippen molar-refractivity contribution in [1.29, 1.82) is 0 Å². The van der Waals surface area contributed by atoms with Gasteiger partial charge >= 0.3 is 0 Å². The molecule has 0 aliphatic heterocycles. The maximum absolute atomic E-state index is 13.9. The first-order chi connectivity index (χ1) is 9.41. The number of halogens is 2. The molecule has 0 aliphatic rings. The van der Waals surface area contributed by atoms with Crippen molar-refractivity contribution in [1.82, 2.24) is 10.2 Å². The molecule has 0 bridgehead atoms. The highest BCUT2D eigenvalue weighted by atomic mass is 19.1. The van der Waals surface area contributed by atoms with E-state index >= 15 is 0 Å². The third kappa shape index (κ3) is 3.36. The molecule has 114 valence electrons. The molecular weight excluding hydrogens is 258 g/mol. The van der Waals surface area contributed by atoms with Crippen LogP contribution in [0.3, 0.4) is 0 Å². The second-order valence-electron chi connectivity index (χ2n) is 5.49. The Morgan fingerprint density at radius 1 is 1.20 bits per heavy atom. The van der Waals surface area contributed by atoms with Crippen molar-refractivity contribution in [3.63, 3.8) is 0 Å². The Hall–Kier alpha value is -1.00. The molecule has 2 nitrogen and oxygen atoms in total. The molecule has 0 aromatic heterocycles. The van der Waals surface area contributed by atoms with E-state index in [4.69, 9.17) is 0 Å². The van der Waals surface area contributed by atoms with E-state index in [-0.39, 0.29) is 11.6 Å². The van der Waals surface area contributed by atoms with Crippen molar-refractivity contribution < 1.29 is 8.78 Å². The number of benzene rings is 1. The van der Waals surface area contributed by atoms with E-state index in [2.05, 4.69) is 38.2 Å². The summed E-state index contributed by atoms with van der Waals surface area (Å²) in [6.07, 6.45) is 2.47. The highest BCUT2D eigenvalue weighted by Crippen LogP contribution is 2.28. The fraction of sp³-hybridized carbons (Fsp3) is 0.625. The quantitative estimate of drug-likeness (QED) is 0.827. The lowest BCUT2D eigenvalue weighted by Crippen LogP contribution is -2.58. The average molecular weight is 284 g/mol. The van der Waals surface area contributed by atoms with E-state index in [1.54, 1.807) is 6.07 Å². The highest BCUT2D eigenvalue weighted by Gasteiger charge is 2.37. The summed E-state index contributed by atoms with van der Waals surface area (Å²) in [5.74, 6) is -0.998. The van der Waals surface area contributed by atoms with Crippen LogP contribution in [-0.4, -0.2) is 37.6 Å². The van der Waals surface area contributed by atoms with Gasteiger partial charge in [-0.2, -0.15) is 0 Å². The van der Waals surface area contributed by atoms with Crippen LogP contribution in [0.15, 0.2) is 18.2 Å². The fourth-order valence-corrected chi connectivity index (χ4v) is 3.15. The van der Waals surface area contributed by atoms with Crippen LogP contribution in [0.5, 0.6) is 0 Å². The van der Waals surface area contributed by atoms with Crippen molar-refractivity contribution in [3.05, 3.63) is 35.4 Å². The standard InChI is InChI=1S/C16H26F2N2/c1-6-16(7-2,20(4)5)15(19-3)10-12-8-9-13(17)11-14(12)18/h8-9,11,15,19H,6-7,10H2,1-5H3. The molecule has 1 atom stereocenters. The maximum atomic E-state index is 13.9. The van der Waals surface area contributed by atoms with Gasteiger partial charge in [-0.25, -0.2) is 8.78 Å². The zero-order chi connectivity index (χ0) is 15.3. The molecule has 0 saturated carbocycles. The molecule has 1 aromatic rings. The minimum absolute atomic E-state index is 0.0461. The number of likely N-dealkylation sites (N-methyl/N-ethyl adjacent to an activating group) is 2. The van der Waals surface area contributed by atoms with Crippen molar-refractivity contribution in [2.45, 2.75) is 44.7 Å². The van der Waals surface area contributed by atoms with Crippen molar-refractivity contribution >= 4 is 0 Å². The Morgan fingerprint density at radius 3 is 2.20 bits per heavy atom. The van der Waals surface area contributed by atoms with E-state index < -0.39 is 11.6 Å². The second-order valence-corrected chi connectivity index (χ2v) is 5.49. The molecule has 1 N–H and O–H groups in total. The number of hydrogen-bond donors (Lipinski definition) is 1. The predicted molar refractivity (Wildman–Crippen MR) is 79.9 cm³/mol. The first kappa shape index (κ1) is 17.1.